The molecule has 0 saturated carbocycles. The predicted octanol–water partition coefficient (Wildman–Crippen LogP) is 8.56. The number of nitrogens with zero attached hydrogens (tertiary/aromatic N) is 2. The monoisotopic (exact) mass is 765 g/mol. The number of aromatic hydroxyl groups is 1. The number of carbonyl (C=O) groups excluding carboxylic acids is 1. The second-order valence-corrected chi connectivity index (χ2v) is 22.0. The van der Waals surface area contributed by atoms with Gasteiger partial charge in [0.1, 0.15) is 17.6 Å². The first kappa shape index (κ1) is 35.1. The van der Waals surface area contributed by atoms with E-state index < -0.39 is 5.31 Å². The zero-order chi connectivity index (χ0) is 34.8. The van der Waals surface area contributed by atoms with Crippen LogP contribution in [0.4, 0.5) is 0 Å². The van der Waals surface area contributed by atoms with Gasteiger partial charge in [0.25, 0.3) is 0 Å². The molecule has 0 aliphatic rings. The molecule has 6 rings (SSSR count). The molecule has 0 atom stereocenters. The van der Waals surface area contributed by atoms with Crippen molar-refractivity contribution in [2.24, 2.45) is 0 Å². The fourth-order valence-electron chi connectivity index (χ4n) is 6.19. The standard InChI is InChI=1S/C40H37BrN3O4PS/c41-49(32-14-6-3-7-15-32,33-16-8-4-9-17-33,34-18-10-5-11-19-34)25-13-2-1-12-24-43-39(46)29-47-37-26-30(21-23-36(37)45)48-31-20-22-35-38(27-31)50-40(28-42)44-35/h3-11,14-23,26-27,45H,1-2,12-13,24-25,29H2,(H,43,46). The Kier molecular flexibility index (Phi) is 11.1. The van der Waals surface area contributed by atoms with Gasteiger partial charge >= 0.3 is 211 Å². The van der Waals surface area contributed by atoms with Crippen LogP contribution in [0, 0.1) is 11.3 Å². The smallest absolute Gasteiger partial charge is 0.103 e. The van der Waals surface area contributed by atoms with Crippen LogP contribution in [0.1, 0.15) is 30.7 Å². The molecule has 0 aliphatic heterocycles. The van der Waals surface area contributed by atoms with Crippen LogP contribution in [-0.2, 0) is 4.79 Å². The second kappa shape index (κ2) is 15.9. The molecule has 0 bridgehead atoms. The van der Waals surface area contributed by atoms with Gasteiger partial charge in [-0.05, 0) is 24.3 Å². The van der Waals surface area contributed by atoms with Gasteiger partial charge in [0.05, 0.1) is 10.2 Å². The molecule has 0 fully saturated rings. The average Bonchev–Trinajstić information content (AvgIpc) is 3.58. The van der Waals surface area contributed by atoms with Gasteiger partial charge in [0, 0.05) is 6.07 Å². The molecular formula is C40H37BrN3O4PS. The van der Waals surface area contributed by atoms with E-state index in [-0.39, 0.29) is 24.0 Å². The van der Waals surface area contributed by atoms with E-state index in [1.807, 2.05) is 0 Å². The molecule has 0 spiro atoms. The number of nitriles is 1. The molecule has 0 unspecified atom stereocenters. The summed E-state index contributed by atoms with van der Waals surface area (Å²) in [6.45, 7) is 0.309. The summed E-state index contributed by atoms with van der Waals surface area (Å²) in [6.07, 6.45) is 4.86. The summed E-state index contributed by atoms with van der Waals surface area (Å²) in [5.41, 5.74) is 0.727. The summed E-state index contributed by atoms with van der Waals surface area (Å²) in [4.78, 5) is 16.8. The van der Waals surface area contributed by atoms with Crippen LogP contribution in [-0.4, -0.2) is 35.3 Å². The van der Waals surface area contributed by atoms with Crippen LogP contribution in [0.15, 0.2) is 127 Å². The van der Waals surface area contributed by atoms with Gasteiger partial charge in [0.2, 0.25) is 0 Å². The molecule has 7 nitrogen and oxygen atoms in total. The van der Waals surface area contributed by atoms with E-state index in [4.69, 9.17) is 14.7 Å². The Labute approximate surface area is 304 Å². The number of phenolic OH excluding ortho intramolecular Hbond substituents is 1. The summed E-state index contributed by atoms with van der Waals surface area (Å²) in [7, 11) is 0. The van der Waals surface area contributed by atoms with Gasteiger partial charge in [-0.3, -0.25) is 0 Å². The van der Waals surface area contributed by atoms with Crippen LogP contribution in [0.5, 0.6) is 23.0 Å². The summed E-state index contributed by atoms with van der Waals surface area (Å²) >= 11 is 5.80. The van der Waals surface area contributed by atoms with Crippen molar-refractivity contribution in [3.05, 3.63) is 132 Å². The van der Waals surface area contributed by atoms with Crippen LogP contribution >= 0.6 is 32.1 Å². The normalized spacial score (nSPS) is 12.0. The average molecular weight is 767 g/mol. The fourth-order valence-corrected chi connectivity index (χ4v) is 14.7. The summed E-state index contributed by atoms with van der Waals surface area (Å²) < 4.78 is 12.4. The maximum atomic E-state index is 12.6. The fraction of sp³-hybridized carbons (Fsp3) is 0.175. The number of unbranched alkanes of at least 4 members (excludes halogenated alkanes) is 3. The number of benzene rings is 5. The number of aromatic nitrogens is 1. The molecule has 10 heteroatoms. The van der Waals surface area contributed by atoms with E-state index in [2.05, 4.69) is 123 Å². The molecule has 0 radical (unpaired) electrons. The van der Waals surface area contributed by atoms with Crippen molar-refractivity contribution in [3.8, 4) is 29.1 Å². The third kappa shape index (κ3) is 7.69. The summed E-state index contributed by atoms with van der Waals surface area (Å²) in [5, 5.41) is 23.8. The van der Waals surface area contributed by atoms with Gasteiger partial charge in [-0.2, -0.15) is 5.26 Å². The van der Waals surface area contributed by atoms with Gasteiger partial charge in [0.15, 0.2) is 5.01 Å². The maximum absolute atomic E-state index is 12.6. The number of halogens is 1. The number of nitrogens with one attached hydrogen (secondary N) is 1. The van der Waals surface area contributed by atoms with Crippen molar-refractivity contribution in [3.63, 3.8) is 0 Å². The molecule has 1 amide bonds. The number of hydrogen-bond acceptors (Lipinski definition) is 7. The van der Waals surface area contributed by atoms with Crippen molar-refractivity contribution in [1.29, 1.82) is 5.26 Å². The number of hydrogen-bond donors (Lipinski definition) is 2. The minimum atomic E-state index is -2.93. The molecule has 2 N–H and O–H groups in total. The SMILES string of the molecule is N#Cc1nc2ccc(Oc3ccc(O)c(OCC(=O)NCCCCCCP(Br)(c4ccccc4)(c4ccccc4)c4ccccc4)c3)cc2s1. The third-order valence-corrected chi connectivity index (χ3v) is 19.6. The first-order chi connectivity index (χ1) is 24.4. The van der Waals surface area contributed by atoms with Crippen LogP contribution in [0.2, 0.25) is 0 Å². The first-order valence-electron chi connectivity index (χ1n) is 16.5. The molecule has 1 aromatic heterocycles. The molecule has 50 heavy (non-hydrogen) atoms. The molecule has 254 valence electrons. The Bertz CT molecular complexity index is 2010. The van der Waals surface area contributed by atoms with Crippen molar-refractivity contribution in [2.75, 3.05) is 19.3 Å². The number of amides is 1. The number of phenols is 1. The van der Waals surface area contributed by atoms with Crippen molar-refractivity contribution in [1.82, 2.24) is 10.3 Å². The predicted molar refractivity (Wildman–Crippen MR) is 208 cm³/mol. The minimum absolute atomic E-state index is 0.0906. The Morgan fingerprint density at radius 2 is 1.38 bits per heavy atom. The number of fused-ring (bicyclic) bond motifs is 1. The molecule has 5 aromatic carbocycles. The topological polar surface area (TPSA) is 104 Å². The van der Waals surface area contributed by atoms with E-state index in [9.17, 15) is 9.90 Å². The van der Waals surface area contributed by atoms with E-state index in [0.29, 0.717) is 23.1 Å². The molecule has 0 aliphatic carbocycles. The Hall–Kier alpha value is -4.74. The zero-order valence-electron chi connectivity index (χ0n) is 27.4. The summed E-state index contributed by atoms with van der Waals surface area (Å²) in [5.74, 6) is 0.787. The van der Waals surface area contributed by atoms with E-state index in [0.717, 1.165) is 42.1 Å². The molecule has 1 heterocycles. The second-order valence-electron chi connectivity index (χ2n) is 12.0. The number of ether oxygens (including phenoxy) is 2. The van der Waals surface area contributed by atoms with E-state index >= 15 is 0 Å². The van der Waals surface area contributed by atoms with Gasteiger partial charge in [-0.25, -0.2) is 4.98 Å². The molecule has 6 aromatic rings. The molecule has 0 saturated heterocycles. The number of rotatable bonds is 15. The first-order valence-corrected chi connectivity index (χ1v) is 21.7. The minimum Gasteiger partial charge on any atom is -0.103 e. The Balaban J connectivity index is 0.999. The molecular weight excluding hydrogens is 729 g/mol. The number of thiazole rings is 1. The number of carbonyl (C=O) groups is 1. The van der Waals surface area contributed by atoms with Gasteiger partial charge in [-0.15, -0.1) is 11.3 Å². The van der Waals surface area contributed by atoms with Crippen molar-refractivity contribution >= 4 is 64.2 Å². The van der Waals surface area contributed by atoms with Crippen molar-refractivity contribution in [2.45, 2.75) is 25.7 Å². The quantitative estimate of drug-likeness (QED) is 0.0802. The Morgan fingerprint density at radius 3 is 2.00 bits per heavy atom. The van der Waals surface area contributed by atoms with Crippen LogP contribution in [0.3, 0.4) is 0 Å². The Morgan fingerprint density at radius 1 is 0.800 bits per heavy atom. The van der Waals surface area contributed by atoms with Crippen LogP contribution < -0.4 is 30.7 Å². The zero-order valence-corrected chi connectivity index (χ0v) is 30.7. The summed E-state index contributed by atoms with van der Waals surface area (Å²) in [6, 6.07) is 44.5. The van der Waals surface area contributed by atoms with Crippen molar-refractivity contribution < 1.29 is 19.4 Å². The van der Waals surface area contributed by atoms with E-state index in [1.165, 1.54) is 33.3 Å². The van der Waals surface area contributed by atoms with Gasteiger partial charge < -0.3 is 9.84 Å². The van der Waals surface area contributed by atoms with E-state index in [1.54, 1.807) is 30.3 Å². The van der Waals surface area contributed by atoms with Crippen LogP contribution in [0.25, 0.3) is 10.2 Å². The third-order valence-electron chi connectivity index (χ3n) is 8.69. The van der Waals surface area contributed by atoms with Gasteiger partial charge in [-0.1, -0.05) is 0 Å².